The average molecular weight is 439 g/mol. The number of hydrogen-bond acceptors (Lipinski definition) is 4. The van der Waals surface area contributed by atoms with Gasteiger partial charge in [0.25, 0.3) is 5.69 Å². The van der Waals surface area contributed by atoms with Gasteiger partial charge in [-0.25, -0.2) is 0 Å². The van der Waals surface area contributed by atoms with E-state index in [0.717, 1.165) is 5.56 Å². The van der Waals surface area contributed by atoms with Gasteiger partial charge in [-0.3, -0.25) is 14.9 Å². The summed E-state index contributed by atoms with van der Waals surface area (Å²) in [5, 5.41) is 11.9. The van der Waals surface area contributed by atoms with Gasteiger partial charge in [0.15, 0.2) is 0 Å². The molecule has 1 fully saturated rings. The van der Waals surface area contributed by atoms with E-state index in [0.29, 0.717) is 41.4 Å². The largest absolute Gasteiger partial charge is 0.362 e. The van der Waals surface area contributed by atoms with Gasteiger partial charge in [0.2, 0.25) is 5.91 Å². The van der Waals surface area contributed by atoms with Crippen molar-refractivity contribution in [3.05, 3.63) is 67.6 Å². The van der Waals surface area contributed by atoms with Gasteiger partial charge in [-0.1, -0.05) is 45.7 Å². The minimum atomic E-state index is -0.380. The number of carbonyl (C=O) groups excluding carboxylic acids is 1. The number of carbonyl (C=O) groups is 1. The van der Waals surface area contributed by atoms with Crippen LogP contribution >= 0.6 is 27.5 Å². The number of rotatable bonds is 4. The van der Waals surface area contributed by atoms with Crippen molar-refractivity contribution >= 4 is 44.8 Å². The fourth-order valence-corrected chi connectivity index (χ4v) is 3.58. The summed E-state index contributed by atoms with van der Waals surface area (Å²) < 4.78 is 0.668. The van der Waals surface area contributed by atoms with Gasteiger partial charge in [0, 0.05) is 41.7 Å². The molecule has 0 N–H and O–H groups in total. The van der Waals surface area contributed by atoms with Crippen LogP contribution in [0, 0.1) is 10.1 Å². The summed E-state index contributed by atoms with van der Waals surface area (Å²) in [6, 6.07) is 12.3. The molecule has 1 saturated heterocycles. The van der Waals surface area contributed by atoms with E-state index in [1.807, 2.05) is 23.1 Å². The second kappa shape index (κ2) is 8.05. The molecule has 0 aliphatic carbocycles. The lowest BCUT2D eigenvalue weighted by atomic mass is 10.1. The SMILES string of the molecule is O=C(Cc1ccccc1Cl)N1CCN(c2ccc(Br)cc2[N+](=O)[O-])CC1. The highest BCUT2D eigenvalue weighted by Gasteiger charge is 2.26. The van der Waals surface area contributed by atoms with E-state index >= 15 is 0 Å². The molecule has 0 bridgehead atoms. The molecule has 2 aromatic rings. The number of benzene rings is 2. The van der Waals surface area contributed by atoms with Crippen LogP contribution in [0.3, 0.4) is 0 Å². The maximum atomic E-state index is 12.5. The predicted octanol–water partition coefficient (Wildman–Crippen LogP) is 3.90. The first-order valence-electron chi connectivity index (χ1n) is 8.16. The third kappa shape index (κ3) is 4.16. The van der Waals surface area contributed by atoms with Crippen LogP contribution in [0.5, 0.6) is 0 Å². The number of nitro benzene ring substituents is 1. The maximum absolute atomic E-state index is 12.5. The van der Waals surface area contributed by atoms with Crippen molar-refractivity contribution in [3.8, 4) is 0 Å². The molecule has 0 saturated carbocycles. The monoisotopic (exact) mass is 437 g/mol. The summed E-state index contributed by atoms with van der Waals surface area (Å²) in [5.41, 5.74) is 1.46. The predicted molar refractivity (Wildman–Crippen MR) is 105 cm³/mol. The van der Waals surface area contributed by atoms with Crippen LogP contribution in [-0.4, -0.2) is 41.9 Å². The zero-order valence-corrected chi connectivity index (χ0v) is 16.2. The van der Waals surface area contributed by atoms with E-state index in [1.54, 1.807) is 23.1 Å². The molecule has 1 amide bonds. The van der Waals surface area contributed by atoms with Gasteiger partial charge in [0.05, 0.1) is 11.3 Å². The molecule has 1 heterocycles. The number of nitrogens with zero attached hydrogens (tertiary/aromatic N) is 3. The van der Waals surface area contributed by atoms with Crippen molar-refractivity contribution in [2.75, 3.05) is 31.1 Å². The molecule has 3 rings (SSSR count). The van der Waals surface area contributed by atoms with Gasteiger partial charge in [-0.2, -0.15) is 0 Å². The van der Waals surface area contributed by atoms with E-state index < -0.39 is 0 Å². The summed E-state index contributed by atoms with van der Waals surface area (Å²) in [6.45, 7) is 2.15. The van der Waals surface area contributed by atoms with Crippen molar-refractivity contribution < 1.29 is 9.72 Å². The maximum Gasteiger partial charge on any atom is 0.293 e. The molecule has 0 radical (unpaired) electrons. The third-order valence-electron chi connectivity index (χ3n) is 4.41. The Labute approximate surface area is 164 Å². The minimum absolute atomic E-state index is 0.0167. The molecular formula is C18H17BrClN3O3. The first-order valence-corrected chi connectivity index (χ1v) is 9.33. The Bertz CT molecular complexity index is 838. The van der Waals surface area contributed by atoms with Crippen molar-refractivity contribution in [2.24, 2.45) is 0 Å². The Morgan fingerprint density at radius 1 is 1.15 bits per heavy atom. The Balaban J connectivity index is 1.65. The Kier molecular flexibility index (Phi) is 5.78. The van der Waals surface area contributed by atoms with Crippen LogP contribution in [-0.2, 0) is 11.2 Å². The molecule has 2 aromatic carbocycles. The highest BCUT2D eigenvalue weighted by atomic mass is 79.9. The summed E-state index contributed by atoms with van der Waals surface area (Å²) >= 11 is 9.39. The molecule has 136 valence electrons. The van der Waals surface area contributed by atoms with Crippen LogP contribution in [0.1, 0.15) is 5.56 Å². The zero-order chi connectivity index (χ0) is 18.7. The van der Waals surface area contributed by atoms with Crippen LogP contribution in [0.2, 0.25) is 5.02 Å². The highest BCUT2D eigenvalue weighted by molar-refractivity contribution is 9.10. The second-order valence-corrected chi connectivity index (χ2v) is 7.35. The van der Waals surface area contributed by atoms with Gasteiger partial charge in [0.1, 0.15) is 5.69 Å². The van der Waals surface area contributed by atoms with Gasteiger partial charge < -0.3 is 9.80 Å². The van der Waals surface area contributed by atoms with Crippen LogP contribution in [0.25, 0.3) is 0 Å². The third-order valence-corrected chi connectivity index (χ3v) is 5.27. The number of anilines is 1. The molecule has 0 spiro atoms. The van der Waals surface area contributed by atoms with Gasteiger partial charge >= 0.3 is 0 Å². The van der Waals surface area contributed by atoms with Crippen molar-refractivity contribution in [1.29, 1.82) is 0 Å². The molecule has 8 heteroatoms. The van der Waals surface area contributed by atoms with Crippen molar-refractivity contribution in [3.63, 3.8) is 0 Å². The lowest BCUT2D eigenvalue weighted by molar-refractivity contribution is -0.384. The summed E-state index contributed by atoms with van der Waals surface area (Å²) in [5.74, 6) is 0.0167. The number of piperazine rings is 1. The van der Waals surface area contributed by atoms with Crippen LogP contribution in [0.4, 0.5) is 11.4 Å². The number of nitro groups is 1. The molecule has 1 aliphatic heterocycles. The van der Waals surface area contributed by atoms with Gasteiger partial charge in [-0.15, -0.1) is 0 Å². The lowest BCUT2D eigenvalue weighted by Gasteiger charge is -2.36. The summed E-state index contributed by atoms with van der Waals surface area (Å²) in [4.78, 5) is 27.2. The van der Waals surface area contributed by atoms with Gasteiger partial charge in [-0.05, 0) is 23.8 Å². The molecule has 0 aromatic heterocycles. The summed E-state index contributed by atoms with van der Waals surface area (Å²) in [6.07, 6.45) is 0.262. The molecule has 0 unspecified atom stereocenters. The number of hydrogen-bond donors (Lipinski definition) is 0. The Morgan fingerprint density at radius 3 is 2.50 bits per heavy atom. The molecular weight excluding hydrogens is 422 g/mol. The Morgan fingerprint density at radius 2 is 1.85 bits per heavy atom. The highest BCUT2D eigenvalue weighted by Crippen LogP contribution is 2.31. The molecule has 6 nitrogen and oxygen atoms in total. The first-order chi connectivity index (χ1) is 12.5. The number of amides is 1. The van der Waals surface area contributed by atoms with E-state index in [1.165, 1.54) is 6.07 Å². The standard InChI is InChI=1S/C18H17BrClN3O3/c19-14-5-6-16(17(12-14)23(25)26)21-7-9-22(10-8-21)18(24)11-13-3-1-2-4-15(13)20/h1-6,12H,7-11H2. The molecule has 1 aliphatic rings. The molecule has 0 atom stereocenters. The van der Waals surface area contributed by atoms with Crippen molar-refractivity contribution in [2.45, 2.75) is 6.42 Å². The minimum Gasteiger partial charge on any atom is -0.362 e. The van der Waals surface area contributed by atoms with E-state index in [2.05, 4.69) is 15.9 Å². The average Bonchev–Trinajstić information content (AvgIpc) is 2.63. The smallest absolute Gasteiger partial charge is 0.293 e. The first kappa shape index (κ1) is 18.7. The second-order valence-electron chi connectivity index (χ2n) is 6.03. The molecule has 26 heavy (non-hydrogen) atoms. The lowest BCUT2D eigenvalue weighted by Crippen LogP contribution is -2.49. The Hall–Kier alpha value is -2.12. The van der Waals surface area contributed by atoms with E-state index in [-0.39, 0.29) is 22.9 Å². The summed E-state index contributed by atoms with van der Waals surface area (Å²) in [7, 11) is 0. The fourth-order valence-electron chi connectivity index (χ4n) is 3.02. The normalized spacial score (nSPS) is 14.4. The fraction of sp³-hybridized carbons (Fsp3) is 0.278. The zero-order valence-electron chi connectivity index (χ0n) is 13.9. The van der Waals surface area contributed by atoms with E-state index in [9.17, 15) is 14.9 Å². The van der Waals surface area contributed by atoms with Crippen molar-refractivity contribution in [1.82, 2.24) is 4.90 Å². The van der Waals surface area contributed by atoms with E-state index in [4.69, 9.17) is 11.6 Å². The number of halogens is 2. The quantitative estimate of drug-likeness (QED) is 0.536. The van der Waals surface area contributed by atoms with Crippen LogP contribution < -0.4 is 4.90 Å². The van der Waals surface area contributed by atoms with Crippen LogP contribution in [0.15, 0.2) is 46.9 Å². The topological polar surface area (TPSA) is 66.7 Å².